The van der Waals surface area contributed by atoms with E-state index in [1.807, 2.05) is 13.8 Å². The van der Waals surface area contributed by atoms with Crippen molar-refractivity contribution in [2.24, 2.45) is 4.99 Å². The quantitative estimate of drug-likeness (QED) is 0.265. The minimum atomic E-state index is -0.139. The highest BCUT2D eigenvalue weighted by atomic mass is 16.5. The number of guanidine groups is 1. The first-order chi connectivity index (χ1) is 9.74. The van der Waals surface area contributed by atoms with Crippen molar-refractivity contribution in [3.05, 3.63) is 0 Å². The molecule has 0 aliphatic carbocycles. The van der Waals surface area contributed by atoms with Gasteiger partial charge in [-0.3, -0.25) is 9.79 Å². The van der Waals surface area contributed by atoms with E-state index in [1.165, 1.54) is 25.7 Å². The number of ether oxygens (including phenoxy) is 1. The summed E-state index contributed by atoms with van der Waals surface area (Å²) in [5.41, 5.74) is 0. The van der Waals surface area contributed by atoms with Crippen LogP contribution in [0.3, 0.4) is 0 Å². The number of nitrogens with zero attached hydrogens (tertiary/aromatic N) is 1. The summed E-state index contributed by atoms with van der Waals surface area (Å²) in [6, 6.07) is 0. The van der Waals surface area contributed by atoms with Gasteiger partial charge in [0.2, 0.25) is 0 Å². The topological polar surface area (TPSA) is 62.7 Å². The maximum Gasteiger partial charge on any atom is 0.305 e. The fraction of sp³-hybridized carbons (Fsp3) is 0.867. The van der Waals surface area contributed by atoms with Crippen molar-refractivity contribution in [3.63, 3.8) is 0 Å². The van der Waals surface area contributed by atoms with Gasteiger partial charge in [0.15, 0.2) is 5.96 Å². The summed E-state index contributed by atoms with van der Waals surface area (Å²) in [5.74, 6) is 0.702. The third-order valence-corrected chi connectivity index (χ3v) is 2.78. The molecule has 0 radical (unpaired) electrons. The fourth-order valence-electron chi connectivity index (χ4n) is 1.75. The number of rotatable bonds is 11. The average molecular weight is 285 g/mol. The van der Waals surface area contributed by atoms with E-state index < -0.39 is 0 Å². The van der Waals surface area contributed by atoms with Gasteiger partial charge in [0, 0.05) is 26.1 Å². The number of nitrogens with one attached hydrogen (secondary N) is 2. The van der Waals surface area contributed by atoms with Crippen molar-refractivity contribution in [1.82, 2.24) is 10.6 Å². The molecule has 5 heteroatoms. The second kappa shape index (κ2) is 14.2. The molecule has 0 saturated carbocycles. The lowest BCUT2D eigenvalue weighted by molar-refractivity contribution is -0.143. The van der Waals surface area contributed by atoms with E-state index in [-0.39, 0.29) is 5.97 Å². The van der Waals surface area contributed by atoms with Crippen LogP contribution in [0.5, 0.6) is 0 Å². The van der Waals surface area contributed by atoms with Crippen molar-refractivity contribution in [2.75, 3.05) is 26.2 Å². The Morgan fingerprint density at radius 3 is 2.50 bits per heavy atom. The van der Waals surface area contributed by atoms with E-state index in [0.717, 1.165) is 25.5 Å². The van der Waals surface area contributed by atoms with Gasteiger partial charge in [-0.25, -0.2) is 0 Å². The first kappa shape index (κ1) is 18.7. The van der Waals surface area contributed by atoms with Crippen LogP contribution in [-0.2, 0) is 9.53 Å². The molecule has 0 spiro atoms. The number of hydrogen-bond donors (Lipinski definition) is 2. The van der Waals surface area contributed by atoms with Crippen molar-refractivity contribution in [1.29, 1.82) is 0 Å². The summed E-state index contributed by atoms with van der Waals surface area (Å²) in [4.78, 5) is 15.6. The van der Waals surface area contributed by atoms with Crippen molar-refractivity contribution >= 4 is 11.9 Å². The molecule has 0 heterocycles. The van der Waals surface area contributed by atoms with E-state index in [1.54, 1.807) is 0 Å². The number of hydrogen-bond acceptors (Lipinski definition) is 3. The molecule has 20 heavy (non-hydrogen) atoms. The SMILES string of the molecule is CCCCCCNC(=NCCCC(=O)OCC)NCC. The van der Waals surface area contributed by atoms with Crippen LogP contribution in [0.1, 0.15) is 59.3 Å². The third kappa shape index (κ3) is 11.8. The van der Waals surface area contributed by atoms with E-state index in [2.05, 4.69) is 22.5 Å². The standard InChI is InChI=1S/C15H31N3O2/c1-4-7-8-9-12-17-15(16-5-2)18-13-10-11-14(19)20-6-3/h4-13H2,1-3H3,(H2,16,17,18). The first-order valence-electron chi connectivity index (χ1n) is 7.92. The van der Waals surface area contributed by atoms with Gasteiger partial charge in [-0.1, -0.05) is 26.2 Å². The van der Waals surface area contributed by atoms with E-state index in [0.29, 0.717) is 19.6 Å². The van der Waals surface area contributed by atoms with Crippen molar-refractivity contribution in [2.45, 2.75) is 59.3 Å². The van der Waals surface area contributed by atoms with Crippen LogP contribution in [0.25, 0.3) is 0 Å². The molecular formula is C15H31N3O2. The minimum Gasteiger partial charge on any atom is -0.466 e. The molecule has 0 rings (SSSR count). The van der Waals surface area contributed by atoms with Gasteiger partial charge in [-0.05, 0) is 26.7 Å². The molecule has 5 nitrogen and oxygen atoms in total. The smallest absolute Gasteiger partial charge is 0.305 e. The molecule has 0 amide bonds. The Morgan fingerprint density at radius 1 is 1.05 bits per heavy atom. The van der Waals surface area contributed by atoms with Crippen molar-refractivity contribution < 1.29 is 9.53 Å². The number of esters is 1. The summed E-state index contributed by atoms with van der Waals surface area (Å²) in [6.45, 7) is 8.97. The minimum absolute atomic E-state index is 0.139. The summed E-state index contributed by atoms with van der Waals surface area (Å²) in [7, 11) is 0. The highest BCUT2D eigenvalue weighted by Gasteiger charge is 2.01. The van der Waals surface area contributed by atoms with Crippen LogP contribution in [0.15, 0.2) is 4.99 Å². The van der Waals surface area contributed by atoms with Gasteiger partial charge in [0.25, 0.3) is 0 Å². The Balaban J connectivity index is 3.80. The lowest BCUT2D eigenvalue weighted by Gasteiger charge is -2.11. The van der Waals surface area contributed by atoms with E-state index in [4.69, 9.17) is 4.74 Å². The van der Waals surface area contributed by atoms with Crippen LogP contribution < -0.4 is 10.6 Å². The molecule has 0 aromatic heterocycles. The summed E-state index contributed by atoms with van der Waals surface area (Å²) < 4.78 is 4.88. The highest BCUT2D eigenvalue weighted by Crippen LogP contribution is 1.97. The number of carbonyl (C=O) groups excluding carboxylic acids is 1. The van der Waals surface area contributed by atoms with Gasteiger partial charge in [0.1, 0.15) is 0 Å². The molecule has 0 fully saturated rings. The van der Waals surface area contributed by atoms with Crippen molar-refractivity contribution in [3.8, 4) is 0 Å². The average Bonchev–Trinajstić information content (AvgIpc) is 2.43. The Morgan fingerprint density at radius 2 is 1.85 bits per heavy atom. The molecule has 0 aromatic rings. The Kier molecular flexibility index (Phi) is 13.3. The van der Waals surface area contributed by atoms with E-state index in [9.17, 15) is 4.79 Å². The van der Waals surface area contributed by atoms with Gasteiger partial charge in [0.05, 0.1) is 6.61 Å². The molecular weight excluding hydrogens is 254 g/mol. The largest absolute Gasteiger partial charge is 0.466 e. The molecule has 0 saturated heterocycles. The summed E-state index contributed by atoms with van der Waals surface area (Å²) in [6.07, 6.45) is 6.13. The Bertz CT molecular complexity index is 268. The summed E-state index contributed by atoms with van der Waals surface area (Å²) >= 11 is 0. The molecule has 0 aromatic carbocycles. The van der Waals surface area contributed by atoms with Crippen LogP contribution in [0.2, 0.25) is 0 Å². The van der Waals surface area contributed by atoms with Gasteiger partial charge >= 0.3 is 5.97 Å². The number of unbranched alkanes of at least 4 members (excludes halogenated alkanes) is 3. The maximum atomic E-state index is 11.2. The molecule has 2 N–H and O–H groups in total. The zero-order chi connectivity index (χ0) is 15.1. The molecule has 0 aliphatic heterocycles. The zero-order valence-electron chi connectivity index (χ0n) is 13.3. The van der Waals surface area contributed by atoms with Crippen LogP contribution >= 0.6 is 0 Å². The zero-order valence-corrected chi connectivity index (χ0v) is 13.3. The van der Waals surface area contributed by atoms with Crippen LogP contribution in [0.4, 0.5) is 0 Å². The Labute approximate surface area is 123 Å². The summed E-state index contributed by atoms with van der Waals surface area (Å²) in [5, 5.41) is 6.53. The second-order valence-corrected chi connectivity index (χ2v) is 4.66. The van der Waals surface area contributed by atoms with Crippen LogP contribution in [0, 0.1) is 0 Å². The maximum absolute atomic E-state index is 11.2. The lowest BCUT2D eigenvalue weighted by Crippen LogP contribution is -2.37. The van der Waals surface area contributed by atoms with Gasteiger partial charge in [-0.2, -0.15) is 0 Å². The predicted molar refractivity (Wildman–Crippen MR) is 84.0 cm³/mol. The van der Waals surface area contributed by atoms with Gasteiger partial charge in [-0.15, -0.1) is 0 Å². The third-order valence-electron chi connectivity index (χ3n) is 2.78. The van der Waals surface area contributed by atoms with E-state index >= 15 is 0 Å². The lowest BCUT2D eigenvalue weighted by atomic mass is 10.2. The number of aliphatic imine (C=N–C) groups is 1. The molecule has 0 bridgehead atoms. The molecule has 0 unspecified atom stereocenters. The normalized spacial score (nSPS) is 11.2. The second-order valence-electron chi connectivity index (χ2n) is 4.66. The van der Waals surface area contributed by atoms with Gasteiger partial charge < -0.3 is 15.4 Å². The fourth-order valence-corrected chi connectivity index (χ4v) is 1.75. The monoisotopic (exact) mass is 285 g/mol. The first-order valence-corrected chi connectivity index (χ1v) is 7.92. The molecule has 0 atom stereocenters. The Hall–Kier alpha value is -1.26. The van der Waals surface area contributed by atoms with Crippen LogP contribution in [-0.4, -0.2) is 38.2 Å². The predicted octanol–water partition coefficient (Wildman–Crippen LogP) is 2.47. The highest BCUT2D eigenvalue weighted by molar-refractivity contribution is 5.79. The number of carbonyl (C=O) groups is 1. The molecule has 118 valence electrons. The molecule has 0 aliphatic rings.